The number of piperazine rings is 1. The smallest absolute Gasteiger partial charge is 0.319 e. The molecular formula is C16H24N4O3. The lowest BCUT2D eigenvalue weighted by atomic mass is 9.97. The van der Waals surface area contributed by atoms with Crippen molar-refractivity contribution in [3.05, 3.63) is 34.2 Å². The van der Waals surface area contributed by atoms with Gasteiger partial charge in [-0.3, -0.25) is 9.59 Å². The normalized spacial score (nSPS) is 17.1. The van der Waals surface area contributed by atoms with Gasteiger partial charge in [0.15, 0.2) is 0 Å². The molecule has 0 aromatic carbocycles. The van der Waals surface area contributed by atoms with Gasteiger partial charge in [-0.25, -0.2) is 4.79 Å². The number of pyridine rings is 1. The predicted octanol–water partition coefficient (Wildman–Crippen LogP) is 0.603. The Labute approximate surface area is 136 Å². The van der Waals surface area contributed by atoms with E-state index in [9.17, 15) is 14.4 Å². The summed E-state index contributed by atoms with van der Waals surface area (Å²) in [5.74, 6) is -0.176. The molecule has 0 spiro atoms. The zero-order chi connectivity index (χ0) is 17.4. The van der Waals surface area contributed by atoms with Gasteiger partial charge in [0.2, 0.25) is 0 Å². The number of urea groups is 1. The van der Waals surface area contributed by atoms with Crippen molar-refractivity contribution < 1.29 is 9.59 Å². The quantitative estimate of drug-likeness (QED) is 0.761. The van der Waals surface area contributed by atoms with Gasteiger partial charge in [0, 0.05) is 58.6 Å². The summed E-state index contributed by atoms with van der Waals surface area (Å²) < 4.78 is 1.43. The van der Waals surface area contributed by atoms with Gasteiger partial charge in [-0.1, -0.05) is 0 Å². The molecule has 2 heterocycles. The summed E-state index contributed by atoms with van der Waals surface area (Å²) in [6.07, 6.45) is 1.59. The summed E-state index contributed by atoms with van der Waals surface area (Å²) in [5.41, 5.74) is -0.328. The van der Waals surface area contributed by atoms with Crippen LogP contribution in [0.5, 0.6) is 0 Å². The summed E-state index contributed by atoms with van der Waals surface area (Å²) >= 11 is 0. The van der Waals surface area contributed by atoms with E-state index in [0.29, 0.717) is 25.2 Å². The number of carbonyl (C=O) groups is 2. The number of rotatable bonds is 1. The summed E-state index contributed by atoms with van der Waals surface area (Å²) in [7, 11) is 5.07. The maximum atomic E-state index is 12.8. The molecule has 3 amide bonds. The SMILES string of the molecule is CN(C)C(=O)N1CCN(C(=O)c2ccn(C)c(=O)c2)C(C)(C)C1. The van der Waals surface area contributed by atoms with Crippen molar-refractivity contribution in [3.63, 3.8) is 0 Å². The number of nitrogens with zero attached hydrogens (tertiary/aromatic N) is 4. The molecule has 1 aliphatic rings. The molecule has 7 heteroatoms. The van der Waals surface area contributed by atoms with E-state index in [2.05, 4.69) is 0 Å². The minimum absolute atomic E-state index is 0.0567. The molecule has 0 atom stereocenters. The number of carbonyl (C=O) groups excluding carboxylic acids is 2. The van der Waals surface area contributed by atoms with Crippen LogP contribution in [-0.2, 0) is 7.05 Å². The van der Waals surface area contributed by atoms with Crippen molar-refractivity contribution in [3.8, 4) is 0 Å². The standard InChI is InChI=1S/C16H24N4O3/c1-16(2)11-19(15(23)17(3)4)8-9-20(16)14(22)12-6-7-18(5)13(21)10-12/h6-7,10H,8-9,11H2,1-5H3. The van der Waals surface area contributed by atoms with E-state index >= 15 is 0 Å². The van der Waals surface area contributed by atoms with Crippen LogP contribution in [0.4, 0.5) is 4.79 Å². The highest BCUT2D eigenvalue weighted by Gasteiger charge is 2.39. The third-order valence-electron chi connectivity index (χ3n) is 4.15. The van der Waals surface area contributed by atoms with Crippen LogP contribution in [0.3, 0.4) is 0 Å². The first kappa shape index (κ1) is 17.1. The molecule has 126 valence electrons. The van der Waals surface area contributed by atoms with Gasteiger partial charge in [-0.15, -0.1) is 0 Å². The fourth-order valence-electron chi connectivity index (χ4n) is 2.81. The van der Waals surface area contributed by atoms with E-state index < -0.39 is 5.54 Å². The first-order valence-electron chi connectivity index (χ1n) is 7.58. The van der Waals surface area contributed by atoms with E-state index in [0.717, 1.165) is 0 Å². The number of hydrogen-bond acceptors (Lipinski definition) is 3. The molecule has 1 aromatic rings. The van der Waals surface area contributed by atoms with Crippen molar-refractivity contribution in [2.45, 2.75) is 19.4 Å². The average Bonchev–Trinajstić information content (AvgIpc) is 2.47. The molecule has 2 rings (SSSR count). The molecule has 1 fully saturated rings. The van der Waals surface area contributed by atoms with Crippen LogP contribution < -0.4 is 5.56 Å². The molecule has 0 bridgehead atoms. The highest BCUT2D eigenvalue weighted by Crippen LogP contribution is 2.23. The van der Waals surface area contributed by atoms with Crippen LogP contribution in [0, 0.1) is 0 Å². The van der Waals surface area contributed by atoms with Crippen molar-refractivity contribution in [2.75, 3.05) is 33.7 Å². The zero-order valence-corrected chi connectivity index (χ0v) is 14.4. The van der Waals surface area contributed by atoms with Gasteiger partial charge >= 0.3 is 6.03 Å². The molecule has 0 aliphatic carbocycles. The molecule has 1 aromatic heterocycles. The number of amides is 3. The molecule has 7 nitrogen and oxygen atoms in total. The third kappa shape index (κ3) is 3.38. The molecule has 0 unspecified atom stereocenters. The highest BCUT2D eigenvalue weighted by atomic mass is 16.2. The summed E-state index contributed by atoms with van der Waals surface area (Å²) in [5, 5.41) is 0. The topological polar surface area (TPSA) is 65.9 Å². The van der Waals surface area contributed by atoms with E-state index in [1.807, 2.05) is 13.8 Å². The molecule has 0 N–H and O–H groups in total. The first-order valence-corrected chi connectivity index (χ1v) is 7.58. The lowest BCUT2D eigenvalue weighted by Crippen LogP contribution is -2.63. The van der Waals surface area contributed by atoms with Gasteiger partial charge in [-0.2, -0.15) is 0 Å². The maximum Gasteiger partial charge on any atom is 0.319 e. The summed E-state index contributed by atoms with van der Waals surface area (Å²) in [4.78, 5) is 41.6. The van der Waals surface area contributed by atoms with Gasteiger partial charge < -0.3 is 19.3 Å². The second-order valence-electron chi connectivity index (χ2n) is 6.73. The predicted molar refractivity (Wildman–Crippen MR) is 87.5 cm³/mol. The molecular weight excluding hydrogens is 296 g/mol. The largest absolute Gasteiger partial charge is 0.331 e. The van der Waals surface area contributed by atoms with E-state index in [1.165, 1.54) is 15.5 Å². The fraction of sp³-hybridized carbons (Fsp3) is 0.562. The van der Waals surface area contributed by atoms with Crippen LogP contribution in [0.1, 0.15) is 24.2 Å². The van der Waals surface area contributed by atoms with Crippen LogP contribution >= 0.6 is 0 Å². The molecule has 1 saturated heterocycles. The Balaban J connectivity index is 2.21. The Bertz CT molecular complexity index is 678. The minimum atomic E-state index is -0.498. The van der Waals surface area contributed by atoms with E-state index in [1.54, 1.807) is 43.2 Å². The van der Waals surface area contributed by atoms with Gasteiger partial charge in [0.25, 0.3) is 11.5 Å². The first-order chi connectivity index (χ1) is 10.6. The highest BCUT2D eigenvalue weighted by molar-refractivity contribution is 5.94. The monoisotopic (exact) mass is 320 g/mol. The number of aromatic nitrogens is 1. The number of hydrogen-bond donors (Lipinski definition) is 0. The van der Waals surface area contributed by atoms with Crippen LogP contribution in [0.15, 0.2) is 23.1 Å². The third-order valence-corrected chi connectivity index (χ3v) is 4.15. The second-order valence-corrected chi connectivity index (χ2v) is 6.73. The van der Waals surface area contributed by atoms with Crippen LogP contribution in [0.2, 0.25) is 0 Å². The maximum absolute atomic E-state index is 12.8. The van der Waals surface area contributed by atoms with Crippen LogP contribution in [0.25, 0.3) is 0 Å². The van der Waals surface area contributed by atoms with Crippen molar-refractivity contribution >= 4 is 11.9 Å². The second kappa shape index (κ2) is 6.06. The fourth-order valence-corrected chi connectivity index (χ4v) is 2.81. The minimum Gasteiger partial charge on any atom is -0.331 e. The zero-order valence-electron chi connectivity index (χ0n) is 14.4. The Morgan fingerprint density at radius 1 is 1.22 bits per heavy atom. The van der Waals surface area contributed by atoms with Gasteiger partial charge in [0.05, 0.1) is 5.54 Å². The Morgan fingerprint density at radius 3 is 2.39 bits per heavy atom. The lowest BCUT2D eigenvalue weighted by Gasteiger charge is -2.47. The lowest BCUT2D eigenvalue weighted by molar-refractivity contribution is 0.0241. The van der Waals surface area contributed by atoms with Crippen molar-refractivity contribution in [1.29, 1.82) is 0 Å². The van der Waals surface area contributed by atoms with Gasteiger partial charge in [-0.05, 0) is 19.9 Å². The molecule has 23 heavy (non-hydrogen) atoms. The Morgan fingerprint density at radius 2 is 1.87 bits per heavy atom. The van der Waals surface area contributed by atoms with Crippen molar-refractivity contribution in [2.24, 2.45) is 7.05 Å². The van der Waals surface area contributed by atoms with E-state index in [4.69, 9.17) is 0 Å². The Hall–Kier alpha value is -2.31. The van der Waals surface area contributed by atoms with E-state index in [-0.39, 0.29) is 17.5 Å². The van der Waals surface area contributed by atoms with Crippen LogP contribution in [-0.4, -0.2) is 70.5 Å². The summed E-state index contributed by atoms with van der Waals surface area (Å²) in [6.45, 7) is 5.25. The molecule has 0 radical (unpaired) electrons. The Kier molecular flexibility index (Phi) is 4.49. The average molecular weight is 320 g/mol. The number of aryl methyl sites for hydroxylation is 1. The summed E-state index contributed by atoms with van der Waals surface area (Å²) in [6, 6.07) is 2.95. The molecule has 1 aliphatic heterocycles. The van der Waals surface area contributed by atoms with Crippen molar-refractivity contribution in [1.82, 2.24) is 19.3 Å². The molecule has 0 saturated carbocycles. The van der Waals surface area contributed by atoms with Gasteiger partial charge in [0.1, 0.15) is 0 Å².